The zero-order valence-electron chi connectivity index (χ0n) is 19.2. The van der Waals surface area contributed by atoms with Crippen molar-refractivity contribution in [2.75, 3.05) is 16.6 Å². The largest absolute Gasteiger partial charge is 0.492 e. The van der Waals surface area contributed by atoms with Gasteiger partial charge >= 0.3 is 0 Å². The van der Waals surface area contributed by atoms with Gasteiger partial charge < -0.3 is 10.1 Å². The van der Waals surface area contributed by atoms with Crippen molar-refractivity contribution >= 4 is 71.3 Å². The van der Waals surface area contributed by atoms with E-state index in [0.717, 1.165) is 6.42 Å². The molecule has 190 valence electrons. The number of halogens is 1. The number of ether oxygens (including phenoxy) is 1. The van der Waals surface area contributed by atoms with Crippen molar-refractivity contribution in [3.8, 4) is 5.75 Å². The second kappa shape index (κ2) is 12.3. The molecule has 0 atom stereocenters. The molecule has 0 spiro atoms. The molecule has 3 N–H and O–H groups in total. The number of hydrogen-bond acceptors (Lipinski definition) is 7. The fourth-order valence-corrected chi connectivity index (χ4v) is 5.68. The number of amides is 1. The Hall–Kier alpha value is -3.32. The first-order valence-corrected chi connectivity index (χ1v) is 14.5. The average Bonchev–Trinajstić information content (AvgIpc) is 3.38. The number of sulfonamides is 1. The molecule has 0 saturated carbocycles. The number of carbonyl (C=O) groups is 1. The van der Waals surface area contributed by atoms with Crippen molar-refractivity contribution < 1.29 is 17.9 Å². The first-order chi connectivity index (χ1) is 17.8. The Labute approximate surface area is 232 Å². The standard InChI is InChI=1S/C25H21BrN4O4S3/c26-21-16-18(6-11-22(21)34-14-12-17-4-2-1-3-5-17)23(31)29-24(35)28-19-7-9-20(10-8-19)37(32,33)30-25-27-13-15-36-25/h1-11,13,15-16H,12,14H2,(H,27,30)(H2,28,29,31,35). The van der Waals surface area contributed by atoms with Gasteiger partial charge in [0.05, 0.1) is 16.0 Å². The van der Waals surface area contributed by atoms with E-state index in [0.29, 0.717) is 28.1 Å². The van der Waals surface area contributed by atoms with Gasteiger partial charge in [-0.2, -0.15) is 0 Å². The van der Waals surface area contributed by atoms with Crippen LogP contribution < -0.4 is 20.1 Å². The number of rotatable bonds is 9. The lowest BCUT2D eigenvalue weighted by Gasteiger charge is -2.12. The van der Waals surface area contributed by atoms with Crippen LogP contribution in [0.4, 0.5) is 10.8 Å². The van der Waals surface area contributed by atoms with Crippen LogP contribution in [0.25, 0.3) is 0 Å². The summed E-state index contributed by atoms with van der Waals surface area (Å²) in [4.78, 5) is 16.6. The van der Waals surface area contributed by atoms with Gasteiger partial charge in [0.15, 0.2) is 10.2 Å². The van der Waals surface area contributed by atoms with Crippen molar-refractivity contribution in [3.05, 3.63) is 100.0 Å². The van der Waals surface area contributed by atoms with Crippen molar-refractivity contribution in [2.45, 2.75) is 11.3 Å². The number of nitrogens with zero attached hydrogens (tertiary/aromatic N) is 1. The van der Waals surface area contributed by atoms with E-state index >= 15 is 0 Å². The molecule has 12 heteroatoms. The number of thiazole rings is 1. The molecule has 0 unspecified atom stereocenters. The molecule has 1 heterocycles. The molecule has 1 amide bonds. The average molecular weight is 618 g/mol. The molecule has 8 nitrogen and oxygen atoms in total. The smallest absolute Gasteiger partial charge is 0.263 e. The van der Waals surface area contributed by atoms with Gasteiger partial charge in [0.1, 0.15) is 5.75 Å². The third-order valence-electron chi connectivity index (χ3n) is 4.99. The number of hydrogen-bond donors (Lipinski definition) is 3. The Bertz CT molecular complexity index is 1480. The maximum atomic E-state index is 12.7. The number of benzene rings is 3. The zero-order chi connectivity index (χ0) is 26.3. The van der Waals surface area contributed by atoms with E-state index < -0.39 is 15.9 Å². The Morgan fingerprint density at radius 1 is 1.05 bits per heavy atom. The third-order valence-corrected chi connectivity index (χ3v) is 7.99. The summed E-state index contributed by atoms with van der Waals surface area (Å²) in [7, 11) is -3.76. The van der Waals surface area contributed by atoms with Crippen molar-refractivity contribution in [1.82, 2.24) is 10.3 Å². The minimum atomic E-state index is -3.76. The number of anilines is 2. The van der Waals surface area contributed by atoms with E-state index in [4.69, 9.17) is 17.0 Å². The number of carbonyl (C=O) groups excluding carboxylic acids is 1. The van der Waals surface area contributed by atoms with Gasteiger partial charge in [0.25, 0.3) is 15.9 Å². The Kier molecular flexibility index (Phi) is 8.87. The molecule has 4 aromatic rings. The van der Waals surface area contributed by atoms with Gasteiger partial charge in [0, 0.05) is 29.2 Å². The summed E-state index contributed by atoms with van der Waals surface area (Å²) in [6, 6.07) is 21.0. The van der Waals surface area contributed by atoms with Crippen LogP contribution in [0.15, 0.2) is 93.7 Å². The van der Waals surface area contributed by atoms with E-state index in [2.05, 4.69) is 36.3 Å². The Morgan fingerprint density at radius 3 is 2.49 bits per heavy atom. The predicted octanol–water partition coefficient (Wildman–Crippen LogP) is 5.45. The van der Waals surface area contributed by atoms with Crippen LogP contribution >= 0.6 is 39.5 Å². The second-order valence-electron chi connectivity index (χ2n) is 7.60. The zero-order valence-corrected chi connectivity index (χ0v) is 23.2. The van der Waals surface area contributed by atoms with Crippen molar-refractivity contribution in [3.63, 3.8) is 0 Å². The number of thiocarbonyl (C=S) groups is 1. The summed E-state index contributed by atoms with van der Waals surface area (Å²) in [5.41, 5.74) is 2.09. The quantitative estimate of drug-likeness (QED) is 0.214. The molecule has 0 aliphatic rings. The van der Waals surface area contributed by atoms with Crippen LogP contribution in [-0.2, 0) is 16.4 Å². The van der Waals surface area contributed by atoms with Gasteiger partial charge in [-0.05, 0) is 76.2 Å². The third kappa shape index (κ3) is 7.59. The van der Waals surface area contributed by atoms with Crippen LogP contribution in [0.2, 0.25) is 0 Å². The highest BCUT2D eigenvalue weighted by atomic mass is 79.9. The lowest BCUT2D eigenvalue weighted by molar-refractivity contribution is 0.0977. The van der Waals surface area contributed by atoms with Crippen LogP contribution in [0, 0.1) is 0 Å². The lowest BCUT2D eigenvalue weighted by Crippen LogP contribution is -2.34. The molecule has 0 radical (unpaired) electrons. The van der Waals surface area contributed by atoms with Gasteiger partial charge in [-0.15, -0.1) is 11.3 Å². The molecule has 3 aromatic carbocycles. The van der Waals surface area contributed by atoms with Crippen LogP contribution in [0.5, 0.6) is 5.75 Å². The van der Waals surface area contributed by atoms with E-state index in [1.807, 2.05) is 30.3 Å². The van der Waals surface area contributed by atoms with Gasteiger partial charge in [-0.1, -0.05) is 30.3 Å². The topological polar surface area (TPSA) is 109 Å². The number of nitrogens with one attached hydrogen (secondary N) is 3. The fourth-order valence-electron chi connectivity index (χ4n) is 3.19. The fraction of sp³-hybridized carbons (Fsp3) is 0.0800. The predicted molar refractivity (Wildman–Crippen MR) is 153 cm³/mol. The van der Waals surface area contributed by atoms with Crippen LogP contribution in [0.1, 0.15) is 15.9 Å². The lowest BCUT2D eigenvalue weighted by atomic mass is 10.2. The number of aromatic nitrogens is 1. The minimum Gasteiger partial charge on any atom is -0.492 e. The molecule has 0 aliphatic carbocycles. The van der Waals surface area contributed by atoms with E-state index in [9.17, 15) is 13.2 Å². The Morgan fingerprint density at radius 2 is 1.81 bits per heavy atom. The highest BCUT2D eigenvalue weighted by Gasteiger charge is 2.16. The molecule has 1 aromatic heterocycles. The van der Waals surface area contributed by atoms with E-state index in [-0.39, 0.29) is 15.1 Å². The molecule has 37 heavy (non-hydrogen) atoms. The summed E-state index contributed by atoms with van der Waals surface area (Å²) in [5.74, 6) is 0.230. The molecule has 0 bridgehead atoms. The van der Waals surface area contributed by atoms with Gasteiger partial charge in [-0.3, -0.25) is 14.8 Å². The highest BCUT2D eigenvalue weighted by Crippen LogP contribution is 2.26. The van der Waals surface area contributed by atoms with E-state index in [1.54, 1.807) is 35.7 Å². The minimum absolute atomic E-state index is 0.0686. The molecular weight excluding hydrogens is 596 g/mol. The summed E-state index contributed by atoms with van der Waals surface area (Å²) >= 11 is 9.88. The molecule has 0 aliphatic heterocycles. The van der Waals surface area contributed by atoms with Gasteiger partial charge in [0.2, 0.25) is 0 Å². The van der Waals surface area contributed by atoms with E-state index in [1.165, 1.54) is 35.2 Å². The maximum absolute atomic E-state index is 12.7. The van der Waals surface area contributed by atoms with Crippen LogP contribution in [0.3, 0.4) is 0 Å². The molecule has 0 saturated heterocycles. The molecular formula is C25H21BrN4O4S3. The maximum Gasteiger partial charge on any atom is 0.263 e. The molecule has 0 fully saturated rings. The summed E-state index contributed by atoms with van der Waals surface area (Å²) in [6.45, 7) is 0.503. The summed E-state index contributed by atoms with van der Waals surface area (Å²) < 4.78 is 33.8. The first kappa shape index (κ1) is 26.7. The first-order valence-electron chi connectivity index (χ1n) is 10.9. The van der Waals surface area contributed by atoms with Crippen molar-refractivity contribution in [1.29, 1.82) is 0 Å². The normalized spacial score (nSPS) is 10.9. The second-order valence-corrected chi connectivity index (χ2v) is 11.4. The highest BCUT2D eigenvalue weighted by molar-refractivity contribution is 9.10. The summed E-state index contributed by atoms with van der Waals surface area (Å²) in [6.07, 6.45) is 2.28. The molecule has 4 rings (SSSR count). The van der Waals surface area contributed by atoms with Crippen molar-refractivity contribution in [2.24, 2.45) is 0 Å². The Balaban J connectivity index is 1.29. The monoisotopic (exact) mass is 616 g/mol. The van der Waals surface area contributed by atoms with Crippen LogP contribution in [-0.4, -0.2) is 31.0 Å². The summed E-state index contributed by atoms with van der Waals surface area (Å²) in [5, 5.41) is 7.51. The van der Waals surface area contributed by atoms with Gasteiger partial charge in [-0.25, -0.2) is 13.4 Å². The SMILES string of the molecule is O=C(NC(=S)Nc1ccc(S(=O)(=O)Nc2nccs2)cc1)c1ccc(OCCc2ccccc2)c(Br)c1.